The molecule has 7 heteroatoms. The Labute approximate surface area is 124 Å². The zero-order valence-corrected chi connectivity index (χ0v) is 11.6. The molecule has 0 atom stereocenters. The number of carboxylic acid groups (broad SMARTS) is 1. The molecule has 0 bridgehead atoms. The largest absolute Gasteiger partial charge is 0.493 e. The van der Waals surface area contributed by atoms with Gasteiger partial charge in [0.05, 0.1) is 12.2 Å². The number of carboxylic acids is 1. The van der Waals surface area contributed by atoms with E-state index in [9.17, 15) is 23.9 Å². The first-order valence-electron chi connectivity index (χ1n) is 6.36. The number of aldehydes is 1. The molecule has 1 aromatic heterocycles. The average molecular weight is 305 g/mol. The molecule has 0 spiro atoms. The maximum absolute atomic E-state index is 13.3. The van der Waals surface area contributed by atoms with Crippen molar-refractivity contribution in [2.45, 2.75) is 6.92 Å². The van der Waals surface area contributed by atoms with E-state index in [1.54, 1.807) is 6.92 Å². The van der Waals surface area contributed by atoms with Gasteiger partial charge >= 0.3 is 5.97 Å². The molecule has 1 aromatic carbocycles. The number of nitrogens with zero attached hydrogens (tertiary/aromatic N) is 1. The number of carbonyl (C=O) groups excluding carboxylic acids is 1. The van der Waals surface area contributed by atoms with Crippen molar-refractivity contribution in [3.05, 3.63) is 57.8 Å². The third-order valence-electron chi connectivity index (χ3n) is 2.95. The fourth-order valence-electron chi connectivity index (χ4n) is 1.97. The molecule has 2 rings (SSSR count). The van der Waals surface area contributed by atoms with Gasteiger partial charge in [0.15, 0.2) is 11.8 Å². The van der Waals surface area contributed by atoms with Gasteiger partial charge in [0.2, 0.25) is 0 Å². The molecular weight excluding hydrogens is 293 g/mol. The summed E-state index contributed by atoms with van der Waals surface area (Å²) < 4.78 is 19.5. The van der Waals surface area contributed by atoms with Crippen LogP contribution in [0.4, 0.5) is 4.39 Å². The van der Waals surface area contributed by atoms with E-state index in [1.807, 2.05) is 0 Å². The van der Waals surface area contributed by atoms with E-state index >= 15 is 0 Å². The number of ether oxygens (including phenoxy) is 1. The molecule has 6 nitrogen and oxygen atoms in total. The second-order valence-electron chi connectivity index (χ2n) is 4.29. The Balaban J connectivity index is 2.67. The molecule has 0 radical (unpaired) electrons. The van der Waals surface area contributed by atoms with Gasteiger partial charge in [0, 0.05) is 11.9 Å². The normalized spacial score (nSPS) is 10.3. The lowest BCUT2D eigenvalue weighted by Crippen LogP contribution is -2.26. The molecular formula is C15H12FNO5. The second kappa shape index (κ2) is 6.21. The standard InChI is InChI=1S/C15H12FNO5/c1-2-22-12-5-6-17(14(19)13(12)15(20)21)10-3-4-11(16)9(7-10)8-18/h3-8H,2H2,1H3,(H,20,21). The smallest absolute Gasteiger partial charge is 0.345 e. The lowest BCUT2D eigenvalue weighted by Gasteiger charge is -2.11. The first-order valence-corrected chi connectivity index (χ1v) is 6.36. The minimum absolute atomic E-state index is 0.0472. The third kappa shape index (κ3) is 2.73. The van der Waals surface area contributed by atoms with Gasteiger partial charge in [-0.3, -0.25) is 14.2 Å². The number of carbonyl (C=O) groups is 2. The predicted octanol–water partition coefficient (Wildman–Crippen LogP) is 1.89. The van der Waals surface area contributed by atoms with Gasteiger partial charge in [0.25, 0.3) is 5.56 Å². The minimum atomic E-state index is -1.43. The molecule has 1 heterocycles. The predicted molar refractivity (Wildman–Crippen MR) is 75.5 cm³/mol. The van der Waals surface area contributed by atoms with Crippen molar-refractivity contribution in [2.75, 3.05) is 6.61 Å². The molecule has 114 valence electrons. The van der Waals surface area contributed by atoms with Crippen LogP contribution in [-0.4, -0.2) is 28.5 Å². The monoisotopic (exact) mass is 305 g/mol. The van der Waals surface area contributed by atoms with E-state index in [4.69, 9.17) is 4.74 Å². The van der Waals surface area contributed by atoms with Crippen molar-refractivity contribution in [1.82, 2.24) is 4.57 Å². The van der Waals surface area contributed by atoms with Crippen molar-refractivity contribution in [2.24, 2.45) is 0 Å². The Morgan fingerprint density at radius 2 is 2.14 bits per heavy atom. The van der Waals surface area contributed by atoms with Gasteiger partial charge in [-0.1, -0.05) is 0 Å². The minimum Gasteiger partial charge on any atom is -0.493 e. The van der Waals surface area contributed by atoms with E-state index in [1.165, 1.54) is 18.3 Å². The number of hydrogen-bond donors (Lipinski definition) is 1. The van der Waals surface area contributed by atoms with Crippen LogP contribution in [0.25, 0.3) is 5.69 Å². The molecule has 0 saturated carbocycles. The van der Waals surface area contributed by atoms with E-state index in [0.717, 1.165) is 16.7 Å². The first-order chi connectivity index (χ1) is 10.5. The number of benzene rings is 1. The SMILES string of the molecule is CCOc1ccn(-c2ccc(F)c(C=O)c2)c(=O)c1C(=O)O. The number of hydrogen-bond acceptors (Lipinski definition) is 4. The van der Waals surface area contributed by atoms with Crippen LogP contribution in [-0.2, 0) is 0 Å². The highest BCUT2D eigenvalue weighted by molar-refractivity contribution is 5.90. The quantitative estimate of drug-likeness (QED) is 0.853. The summed E-state index contributed by atoms with van der Waals surface area (Å²) in [5.41, 5.74) is -1.41. The van der Waals surface area contributed by atoms with Crippen LogP contribution in [0.3, 0.4) is 0 Å². The number of aromatic nitrogens is 1. The lowest BCUT2D eigenvalue weighted by atomic mass is 10.2. The number of halogens is 1. The van der Waals surface area contributed by atoms with Crippen molar-refractivity contribution < 1.29 is 23.8 Å². The van der Waals surface area contributed by atoms with Gasteiger partial charge in [0.1, 0.15) is 11.6 Å². The van der Waals surface area contributed by atoms with E-state index in [2.05, 4.69) is 0 Å². The van der Waals surface area contributed by atoms with E-state index in [0.29, 0.717) is 6.29 Å². The molecule has 0 aliphatic heterocycles. The highest BCUT2D eigenvalue weighted by atomic mass is 19.1. The third-order valence-corrected chi connectivity index (χ3v) is 2.95. The van der Waals surface area contributed by atoms with Crippen molar-refractivity contribution >= 4 is 12.3 Å². The van der Waals surface area contributed by atoms with Crippen molar-refractivity contribution in [3.63, 3.8) is 0 Å². The van der Waals surface area contributed by atoms with Gasteiger partial charge in [-0.2, -0.15) is 0 Å². The van der Waals surface area contributed by atoms with Gasteiger partial charge in [-0.05, 0) is 31.2 Å². The van der Waals surface area contributed by atoms with Crippen LogP contribution in [0.1, 0.15) is 27.6 Å². The number of rotatable bonds is 5. The number of pyridine rings is 1. The molecule has 0 aliphatic rings. The fraction of sp³-hybridized carbons (Fsp3) is 0.133. The fourth-order valence-corrected chi connectivity index (χ4v) is 1.97. The average Bonchev–Trinajstić information content (AvgIpc) is 2.48. The van der Waals surface area contributed by atoms with Crippen LogP contribution >= 0.6 is 0 Å². The van der Waals surface area contributed by atoms with E-state index in [-0.39, 0.29) is 23.6 Å². The summed E-state index contributed by atoms with van der Waals surface area (Å²) in [4.78, 5) is 34.3. The first kappa shape index (κ1) is 15.4. The van der Waals surface area contributed by atoms with Crippen molar-refractivity contribution in [3.8, 4) is 11.4 Å². The zero-order valence-electron chi connectivity index (χ0n) is 11.6. The van der Waals surface area contributed by atoms with Gasteiger partial charge in [-0.25, -0.2) is 9.18 Å². The molecule has 1 N–H and O–H groups in total. The highest BCUT2D eigenvalue weighted by Gasteiger charge is 2.19. The summed E-state index contributed by atoms with van der Waals surface area (Å²) in [5.74, 6) is -2.20. The summed E-state index contributed by atoms with van der Waals surface area (Å²) in [6.45, 7) is 1.86. The highest BCUT2D eigenvalue weighted by Crippen LogP contribution is 2.17. The Morgan fingerprint density at radius 3 is 2.73 bits per heavy atom. The number of aromatic carboxylic acids is 1. The van der Waals surface area contributed by atoms with Crippen LogP contribution in [0.15, 0.2) is 35.3 Å². The van der Waals surface area contributed by atoms with Crippen LogP contribution < -0.4 is 10.3 Å². The lowest BCUT2D eigenvalue weighted by molar-refractivity contribution is 0.0690. The van der Waals surface area contributed by atoms with Crippen LogP contribution in [0.2, 0.25) is 0 Å². The second-order valence-corrected chi connectivity index (χ2v) is 4.29. The van der Waals surface area contributed by atoms with Gasteiger partial charge in [-0.15, -0.1) is 0 Å². The molecule has 2 aromatic rings. The molecule has 0 saturated heterocycles. The van der Waals surface area contributed by atoms with E-state index < -0.39 is 22.9 Å². The summed E-state index contributed by atoms with van der Waals surface area (Å²) in [7, 11) is 0. The van der Waals surface area contributed by atoms with Crippen LogP contribution in [0, 0.1) is 5.82 Å². The summed E-state index contributed by atoms with van der Waals surface area (Å²) in [6, 6.07) is 4.80. The molecule has 0 aliphatic carbocycles. The van der Waals surface area contributed by atoms with Gasteiger partial charge < -0.3 is 9.84 Å². The maximum atomic E-state index is 13.3. The molecule has 22 heavy (non-hydrogen) atoms. The molecule has 0 fully saturated rings. The topological polar surface area (TPSA) is 85.6 Å². The zero-order chi connectivity index (χ0) is 16.3. The Kier molecular flexibility index (Phi) is 4.36. The molecule has 0 amide bonds. The summed E-state index contributed by atoms with van der Waals surface area (Å²) >= 11 is 0. The summed E-state index contributed by atoms with van der Waals surface area (Å²) in [6.07, 6.45) is 1.62. The Hall–Kier alpha value is -2.96. The Bertz CT molecular complexity index is 797. The van der Waals surface area contributed by atoms with Crippen molar-refractivity contribution in [1.29, 1.82) is 0 Å². The Morgan fingerprint density at radius 1 is 1.41 bits per heavy atom. The summed E-state index contributed by atoms with van der Waals surface area (Å²) in [5, 5.41) is 9.18. The maximum Gasteiger partial charge on any atom is 0.345 e. The van der Waals surface area contributed by atoms with Crippen LogP contribution in [0.5, 0.6) is 5.75 Å². The molecule has 0 unspecified atom stereocenters.